The fraction of sp³-hybridized carbons (Fsp3) is 0.730. The zero-order valence-corrected chi connectivity index (χ0v) is 28.4. The standard InChI is InChI=1S/C37H52O10/c1-7-8-9-10-11-12-13-14-15-16-17-18-19-34-45-31-27-30-33(21-38,44-30)32(41)35(42)26(20-23(4)28(35)40)37(27,47-34)24(5)29(43-25(6)39)36(31,46-34)22(2)3/h16-20,24,26-27,29-32,38,41-42H,2,7-15,21H2,1,3-6H3/b17-16+,19-18+/t24-,26-,27?,29-,30?,31+,32-,33+,34?,35-,36+,37+/m1/s1. The number of rotatable bonds is 14. The van der Waals surface area contributed by atoms with E-state index < -0.39 is 88.9 Å². The van der Waals surface area contributed by atoms with Gasteiger partial charge >= 0.3 is 11.9 Å². The molecule has 5 fully saturated rings. The number of aliphatic hydroxyl groups excluding tert-OH is 2. The zero-order chi connectivity index (χ0) is 34.0. The maximum Gasteiger partial charge on any atom is 0.307 e. The van der Waals surface area contributed by atoms with Crippen molar-refractivity contribution < 1.29 is 48.6 Å². The minimum Gasteiger partial charge on any atom is -0.459 e. The van der Waals surface area contributed by atoms with Crippen molar-refractivity contribution in [3.63, 3.8) is 0 Å². The van der Waals surface area contributed by atoms with E-state index in [1.807, 2.05) is 13.0 Å². The average Bonchev–Trinajstić information content (AvgIpc) is 3.66. The third-order valence-electron chi connectivity index (χ3n) is 11.8. The molecule has 0 radical (unpaired) electrons. The number of unbranched alkanes of at least 4 members (excludes halogenated alkanes) is 8. The molecule has 0 aromatic heterocycles. The molecule has 3 heterocycles. The molecular formula is C37H52O10. The van der Waals surface area contributed by atoms with Gasteiger partial charge in [-0.2, -0.15) is 0 Å². The molecule has 12 atom stereocenters. The van der Waals surface area contributed by atoms with E-state index in [1.54, 1.807) is 32.1 Å². The molecule has 3 N–H and O–H groups in total. The van der Waals surface area contributed by atoms with Gasteiger partial charge in [-0.15, -0.1) is 0 Å². The zero-order valence-electron chi connectivity index (χ0n) is 28.4. The van der Waals surface area contributed by atoms with Gasteiger partial charge in [-0.3, -0.25) is 9.59 Å². The highest BCUT2D eigenvalue weighted by Gasteiger charge is 2.90. The summed E-state index contributed by atoms with van der Waals surface area (Å²) in [6.45, 7) is 12.3. The number of Topliss-reactive ketones (excluding diaryl/α,β-unsaturated/α-hetero) is 1. The third-order valence-corrected chi connectivity index (χ3v) is 11.8. The van der Waals surface area contributed by atoms with Gasteiger partial charge in [0.25, 0.3) is 0 Å². The summed E-state index contributed by atoms with van der Waals surface area (Å²) in [7, 11) is 0. The first kappa shape index (κ1) is 34.7. The highest BCUT2D eigenvalue weighted by molar-refractivity contribution is 6.05. The Morgan fingerprint density at radius 2 is 1.72 bits per heavy atom. The molecule has 3 aliphatic carbocycles. The van der Waals surface area contributed by atoms with Crippen molar-refractivity contribution in [1.29, 1.82) is 0 Å². The lowest BCUT2D eigenvalue weighted by Crippen LogP contribution is -2.76. The van der Waals surface area contributed by atoms with Gasteiger partial charge in [0.1, 0.15) is 30.0 Å². The van der Waals surface area contributed by atoms with Gasteiger partial charge in [0, 0.05) is 30.8 Å². The molecule has 3 unspecified atom stereocenters. The average molecular weight is 657 g/mol. The van der Waals surface area contributed by atoms with Crippen LogP contribution in [0.2, 0.25) is 0 Å². The maximum atomic E-state index is 13.7. The topological polar surface area (TPSA) is 144 Å². The molecule has 260 valence electrons. The first-order valence-corrected chi connectivity index (χ1v) is 17.5. The van der Waals surface area contributed by atoms with Gasteiger partial charge in [-0.05, 0) is 37.8 Å². The molecule has 10 nitrogen and oxygen atoms in total. The van der Waals surface area contributed by atoms with E-state index in [0.717, 1.165) is 12.8 Å². The first-order valence-electron chi connectivity index (χ1n) is 17.5. The van der Waals surface area contributed by atoms with Crippen LogP contribution in [0.25, 0.3) is 0 Å². The molecule has 3 saturated heterocycles. The maximum absolute atomic E-state index is 13.7. The van der Waals surface area contributed by atoms with Gasteiger partial charge in [-0.25, -0.2) is 0 Å². The molecule has 6 rings (SSSR count). The Morgan fingerprint density at radius 1 is 1.04 bits per heavy atom. The number of hydrogen-bond acceptors (Lipinski definition) is 10. The molecule has 3 aliphatic heterocycles. The number of aliphatic hydroxyl groups is 3. The van der Waals surface area contributed by atoms with E-state index in [-0.39, 0.29) is 5.57 Å². The van der Waals surface area contributed by atoms with E-state index in [1.165, 1.54) is 51.9 Å². The van der Waals surface area contributed by atoms with Gasteiger partial charge in [0.2, 0.25) is 0 Å². The summed E-state index contributed by atoms with van der Waals surface area (Å²) in [4.78, 5) is 26.4. The number of carbonyl (C=O) groups excluding carboxylic acids is 2. The summed E-state index contributed by atoms with van der Waals surface area (Å²) in [5.74, 6) is -5.58. The van der Waals surface area contributed by atoms with E-state index in [0.29, 0.717) is 5.57 Å². The normalized spacial score (nSPS) is 45.9. The minimum atomic E-state index is -2.38. The summed E-state index contributed by atoms with van der Waals surface area (Å²) >= 11 is 0. The number of allylic oxidation sites excluding steroid dienone is 3. The fourth-order valence-electron chi connectivity index (χ4n) is 9.55. The van der Waals surface area contributed by atoms with E-state index in [2.05, 4.69) is 19.6 Å². The van der Waals surface area contributed by atoms with Crippen LogP contribution in [0, 0.1) is 17.8 Å². The Hall–Kier alpha value is -2.18. The molecule has 6 aliphatic rings. The summed E-state index contributed by atoms with van der Waals surface area (Å²) in [5, 5.41) is 34.6. The second kappa shape index (κ2) is 12.3. The van der Waals surface area contributed by atoms with Crippen LogP contribution in [0.15, 0.2) is 48.1 Å². The molecule has 3 bridgehead atoms. The van der Waals surface area contributed by atoms with Crippen LogP contribution in [0.1, 0.15) is 92.4 Å². The molecule has 0 aromatic rings. The van der Waals surface area contributed by atoms with Crippen molar-refractivity contribution in [3.05, 3.63) is 48.1 Å². The SMILES string of the molecule is C=C(C)[C@@]12OC3(/C=C/C=C/CCCCCCCCCC)O[C@H]1C1C4O[C@]4(CO)[C@@H](O)[C@]4(O)C(=O)C(C)=C[C@H]4[C@@]1(O3)[C@H](C)[C@H]2OC(C)=O. The van der Waals surface area contributed by atoms with Crippen LogP contribution in [0.5, 0.6) is 0 Å². The molecule has 0 aromatic carbocycles. The lowest BCUT2D eigenvalue weighted by atomic mass is 9.53. The quantitative estimate of drug-likeness (QED) is 0.0811. The van der Waals surface area contributed by atoms with Gasteiger partial charge < -0.3 is 39.0 Å². The molecule has 2 saturated carbocycles. The smallest absolute Gasteiger partial charge is 0.307 e. The van der Waals surface area contributed by atoms with Crippen LogP contribution in [-0.2, 0) is 33.3 Å². The fourth-order valence-corrected chi connectivity index (χ4v) is 9.55. The van der Waals surface area contributed by atoms with E-state index >= 15 is 0 Å². The number of ether oxygens (including phenoxy) is 5. The Morgan fingerprint density at radius 3 is 2.36 bits per heavy atom. The largest absolute Gasteiger partial charge is 0.459 e. The van der Waals surface area contributed by atoms with Crippen LogP contribution < -0.4 is 0 Å². The number of esters is 1. The van der Waals surface area contributed by atoms with Crippen molar-refractivity contribution in [3.8, 4) is 0 Å². The van der Waals surface area contributed by atoms with Gasteiger partial charge in [0.05, 0.1) is 12.2 Å². The second-order valence-corrected chi connectivity index (χ2v) is 14.7. The molecule has 10 heteroatoms. The second-order valence-electron chi connectivity index (χ2n) is 14.7. The van der Waals surface area contributed by atoms with Crippen molar-refractivity contribution in [2.24, 2.45) is 17.8 Å². The van der Waals surface area contributed by atoms with E-state index in [9.17, 15) is 24.9 Å². The lowest BCUT2D eigenvalue weighted by Gasteiger charge is -2.61. The van der Waals surface area contributed by atoms with Crippen LogP contribution in [0.3, 0.4) is 0 Å². The Balaban J connectivity index is 1.35. The third kappa shape index (κ3) is 4.84. The number of carbonyl (C=O) groups is 2. The predicted octanol–water partition coefficient (Wildman–Crippen LogP) is 4.36. The highest BCUT2D eigenvalue weighted by atomic mass is 16.9. The summed E-state index contributed by atoms with van der Waals surface area (Å²) < 4.78 is 32.6. The summed E-state index contributed by atoms with van der Waals surface area (Å²) in [6.07, 6.45) is 15.5. The van der Waals surface area contributed by atoms with Crippen molar-refractivity contribution in [2.75, 3.05) is 6.61 Å². The Labute approximate surface area is 277 Å². The van der Waals surface area contributed by atoms with Crippen LogP contribution >= 0.6 is 0 Å². The Kier molecular flexibility index (Phi) is 9.07. The monoisotopic (exact) mass is 656 g/mol. The van der Waals surface area contributed by atoms with Gasteiger partial charge in [-0.1, -0.05) is 89.7 Å². The predicted molar refractivity (Wildman–Crippen MR) is 172 cm³/mol. The summed E-state index contributed by atoms with van der Waals surface area (Å²) in [5.41, 5.74) is -6.13. The Bertz CT molecular complexity index is 1370. The number of hydrogen-bond donors (Lipinski definition) is 3. The van der Waals surface area contributed by atoms with Crippen molar-refractivity contribution in [2.45, 2.75) is 145 Å². The van der Waals surface area contributed by atoms with Crippen molar-refractivity contribution >= 4 is 11.8 Å². The lowest BCUT2D eigenvalue weighted by molar-refractivity contribution is -0.407. The van der Waals surface area contributed by atoms with Gasteiger partial charge in [0.15, 0.2) is 17.0 Å². The first-order chi connectivity index (χ1) is 22.3. The number of fused-ring (bicyclic) bond motifs is 3. The van der Waals surface area contributed by atoms with Crippen molar-refractivity contribution in [1.82, 2.24) is 0 Å². The molecule has 0 amide bonds. The minimum absolute atomic E-state index is 0.252. The molecule has 47 heavy (non-hydrogen) atoms. The molecular weight excluding hydrogens is 604 g/mol. The highest BCUT2D eigenvalue weighted by Crippen LogP contribution is 2.73. The number of ketones is 1. The number of epoxide rings is 1. The van der Waals surface area contributed by atoms with Crippen LogP contribution in [0.4, 0.5) is 0 Å². The molecule has 0 spiro atoms. The van der Waals surface area contributed by atoms with Crippen LogP contribution in [-0.4, -0.2) is 86.5 Å². The van der Waals surface area contributed by atoms with E-state index in [4.69, 9.17) is 23.7 Å². The summed E-state index contributed by atoms with van der Waals surface area (Å²) in [6, 6.07) is 0.